The second kappa shape index (κ2) is 8.57. The fourth-order valence-electron chi connectivity index (χ4n) is 2.30. The molecule has 0 amide bonds. The number of halogens is 2. The van der Waals surface area contributed by atoms with Crippen LogP contribution < -0.4 is 6.13 Å². The number of rotatable bonds is 7. The first-order valence-corrected chi connectivity index (χ1v) is 8.54. The average Bonchev–Trinajstić information content (AvgIpc) is 2.55. The molecule has 0 N–H and O–H groups in total. The van der Waals surface area contributed by atoms with Crippen LogP contribution in [-0.2, 0) is 12.8 Å². The Morgan fingerprint density at radius 1 is 0.773 bits per heavy atom. The molecule has 0 fully saturated rings. The summed E-state index contributed by atoms with van der Waals surface area (Å²) in [6.07, 6.45) is 5.32. The van der Waals surface area contributed by atoms with Gasteiger partial charge in [0.25, 0.3) is 0 Å². The summed E-state index contributed by atoms with van der Waals surface area (Å²) in [5.74, 6) is 1.76. The Labute approximate surface area is 159 Å². The first-order chi connectivity index (χ1) is 10.7. The third kappa shape index (κ3) is 4.04. The minimum Gasteiger partial charge on any atom is -0.427 e. The largest absolute Gasteiger partial charge is 0.427 e. The Bertz CT molecular complexity index is 621. The smallest absolute Gasteiger partial charge is 0.192 e. The quantitative estimate of drug-likeness (QED) is 0.318. The molecule has 2 aromatic carbocycles. The molecule has 0 aliphatic heterocycles. The third-order valence-electron chi connectivity index (χ3n) is 3.35. The van der Waals surface area contributed by atoms with Crippen molar-refractivity contribution in [3.63, 3.8) is 0 Å². The summed E-state index contributed by atoms with van der Waals surface area (Å²) in [6.45, 7) is 7.62. The predicted molar refractivity (Wildman–Crippen MR) is 109 cm³/mol. The molecule has 0 unspecified atom stereocenters. The number of allylic oxidation sites excluding steroid dienone is 2. The maximum atomic E-state index is 5.38. The van der Waals surface area contributed by atoms with E-state index in [2.05, 4.69) is 37.4 Å². The van der Waals surface area contributed by atoms with Crippen LogP contribution in [0.25, 0.3) is 11.1 Å². The lowest BCUT2D eigenvalue weighted by atomic mass is 9.98. The topological polar surface area (TPSA) is 18.5 Å². The van der Waals surface area contributed by atoms with Crippen LogP contribution in [0, 0.1) is 0 Å². The molecule has 0 aliphatic carbocycles. The lowest BCUT2D eigenvalue weighted by molar-refractivity contribution is 0.704. The van der Waals surface area contributed by atoms with Crippen LogP contribution in [0.2, 0.25) is 0 Å². The van der Waals surface area contributed by atoms with Gasteiger partial charge in [-0.3, -0.25) is 0 Å². The van der Waals surface area contributed by atoms with Gasteiger partial charge in [0, 0.05) is 0 Å². The Morgan fingerprint density at radius 3 is 1.50 bits per heavy atom. The normalized spacial score (nSPS) is 10.1. The third-order valence-corrected chi connectivity index (χ3v) is 4.30. The average molecular weight is 518 g/mol. The lowest BCUT2D eigenvalue weighted by Gasteiger charge is -2.11. The fraction of sp³-hybridized carbons (Fsp3) is 0.111. The molecule has 0 saturated carbocycles. The number of benzene rings is 2. The molecule has 2 nitrogen and oxygen atoms in total. The van der Waals surface area contributed by atoms with E-state index in [1.54, 1.807) is 0 Å². The van der Waals surface area contributed by atoms with Crippen LogP contribution in [0.3, 0.4) is 0 Å². The lowest BCUT2D eigenvalue weighted by Crippen LogP contribution is -1.91. The Kier molecular flexibility index (Phi) is 6.75. The first-order valence-electron chi connectivity index (χ1n) is 6.78. The summed E-state index contributed by atoms with van der Waals surface area (Å²) in [6, 6.07) is 12.4. The molecule has 114 valence electrons. The van der Waals surface area contributed by atoms with Crippen molar-refractivity contribution in [2.45, 2.75) is 12.8 Å². The summed E-state index contributed by atoms with van der Waals surface area (Å²) in [7, 11) is 0. The molecule has 0 aliphatic rings. The van der Waals surface area contributed by atoms with Crippen LogP contribution in [-0.4, -0.2) is 0 Å². The molecule has 0 saturated heterocycles. The van der Waals surface area contributed by atoms with E-state index in [0.29, 0.717) is 0 Å². The molecule has 0 atom stereocenters. The summed E-state index contributed by atoms with van der Waals surface area (Å²) in [4.78, 5) is 0. The molecule has 4 heteroatoms. The van der Waals surface area contributed by atoms with E-state index in [1.165, 1.54) is 0 Å². The van der Waals surface area contributed by atoms with Crippen LogP contribution in [0.5, 0.6) is 11.5 Å². The maximum Gasteiger partial charge on any atom is 0.192 e. The van der Waals surface area contributed by atoms with Crippen molar-refractivity contribution < 1.29 is 6.13 Å². The summed E-state index contributed by atoms with van der Waals surface area (Å²) >= 11 is 3.82. The van der Waals surface area contributed by atoms with Gasteiger partial charge in [-0.25, -0.2) is 0 Å². The molecular weight excluding hydrogens is 502 g/mol. The van der Waals surface area contributed by atoms with Crippen LogP contribution in [0.15, 0.2) is 61.7 Å². The molecular formula is C18H16I2O2. The van der Waals surface area contributed by atoms with Crippen LogP contribution >= 0.6 is 46.0 Å². The van der Waals surface area contributed by atoms with Crippen LogP contribution in [0.1, 0.15) is 11.1 Å². The van der Waals surface area contributed by atoms with Gasteiger partial charge in [0.05, 0.1) is 0 Å². The predicted octanol–water partition coefficient (Wildman–Crippen LogP) is 6.27. The molecule has 2 aromatic rings. The van der Waals surface area contributed by atoms with Crippen molar-refractivity contribution in [1.29, 1.82) is 0 Å². The van der Waals surface area contributed by atoms with Crippen molar-refractivity contribution in [1.82, 2.24) is 0 Å². The van der Waals surface area contributed by atoms with Crippen molar-refractivity contribution in [2.75, 3.05) is 0 Å². The van der Waals surface area contributed by atoms with E-state index in [9.17, 15) is 0 Å². The van der Waals surface area contributed by atoms with Gasteiger partial charge in [-0.2, -0.15) is 0 Å². The van der Waals surface area contributed by atoms with E-state index >= 15 is 0 Å². The van der Waals surface area contributed by atoms with Gasteiger partial charge >= 0.3 is 0 Å². The Morgan fingerprint density at radius 2 is 1.18 bits per heavy atom. The van der Waals surface area contributed by atoms with Gasteiger partial charge in [-0.1, -0.05) is 24.3 Å². The fourth-order valence-corrected chi connectivity index (χ4v) is 3.16. The maximum absolute atomic E-state index is 5.38. The zero-order valence-electron chi connectivity index (χ0n) is 12.0. The van der Waals surface area contributed by atoms with Gasteiger partial charge in [0.2, 0.25) is 0 Å². The van der Waals surface area contributed by atoms with Gasteiger partial charge in [0.1, 0.15) is 11.5 Å². The number of hydrogen-bond acceptors (Lipinski definition) is 2. The molecule has 0 aromatic heterocycles. The van der Waals surface area contributed by atoms with E-state index < -0.39 is 0 Å². The molecule has 0 heterocycles. The highest BCUT2D eigenvalue weighted by molar-refractivity contribution is 14.1. The number of hydrogen-bond donors (Lipinski definition) is 0. The van der Waals surface area contributed by atoms with Gasteiger partial charge in [-0.15, -0.1) is 13.2 Å². The minimum atomic E-state index is 0.778. The second-order valence-electron chi connectivity index (χ2n) is 4.78. The Hall–Kier alpha value is -1.02. The molecule has 22 heavy (non-hydrogen) atoms. The Balaban J connectivity index is 2.46. The van der Waals surface area contributed by atoms with Crippen LogP contribution in [0.4, 0.5) is 0 Å². The van der Waals surface area contributed by atoms with E-state index in [-0.39, 0.29) is 0 Å². The van der Waals surface area contributed by atoms with Crippen molar-refractivity contribution in [2.24, 2.45) is 0 Å². The van der Waals surface area contributed by atoms with Crippen molar-refractivity contribution >= 4 is 46.0 Å². The highest BCUT2D eigenvalue weighted by Gasteiger charge is 2.08. The van der Waals surface area contributed by atoms with Crippen molar-refractivity contribution in [3.8, 4) is 22.6 Å². The van der Waals surface area contributed by atoms with Crippen molar-refractivity contribution in [3.05, 3.63) is 72.8 Å². The zero-order valence-corrected chi connectivity index (χ0v) is 16.3. The zero-order chi connectivity index (χ0) is 15.9. The van der Waals surface area contributed by atoms with Gasteiger partial charge in [-0.05, 0) is 59.4 Å². The summed E-state index contributed by atoms with van der Waals surface area (Å²) in [5, 5.41) is 0. The second-order valence-corrected chi connectivity index (χ2v) is 5.67. The van der Waals surface area contributed by atoms with E-state index in [0.717, 1.165) is 46.6 Å². The SMILES string of the molecule is C=CCc1cc(-c2ccc(OI)c(CC=C)c2)ccc1OI. The van der Waals surface area contributed by atoms with Gasteiger partial charge < -0.3 is 6.13 Å². The summed E-state index contributed by atoms with van der Waals surface area (Å²) < 4.78 is 10.8. The molecule has 0 spiro atoms. The molecule has 0 bridgehead atoms. The molecule has 2 rings (SSSR count). The summed E-state index contributed by atoms with van der Waals surface area (Å²) in [5.41, 5.74) is 4.56. The highest BCUT2D eigenvalue weighted by atomic mass is 127. The van der Waals surface area contributed by atoms with E-state index in [4.69, 9.17) is 6.13 Å². The highest BCUT2D eigenvalue weighted by Crippen LogP contribution is 2.32. The van der Waals surface area contributed by atoms with Gasteiger partial charge in [0.15, 0.2) is 46.0 Å². The standard InChI is InChI=1S/C18H16I2O2/c1-3-5-15-11-13(7-9-17(15)21-19)14-8-10-18(22-20)16(12-14)6-4-2/h3-4,7-12H,1-2,5-6H2. The molecule has 0 radical (unpaired) electrons. The monoisotopic (exact) mass is 518 g/mol. The van der Waals surface area contributed by atoms with E-state index in [1.807, 2.05) is 70.3 Å². The first kappa shape index (κ1) is 17.3. The minimum absolute atomic E-state index is 0.778.